The van der Waals surface area contributed by atoms with E-state index in [2.05, 4.69) is 10.3 Å². The Labute approximate surface area is 100 Å². The number of nitrogens with zero attached hydrogens (tertiary/aromatic N) is 2. The number of rotatable bonds is 3. The molecule has 90 valence electrons. The fourth-order valence-electron chi connectivity index (χ4n) is 1.73. The molecular formula is C13H16FN3. The topological polar surface area (TPSA) is 29.9 Å². The fraction of sp³-hybridized carbons (Fsp3) is 0.308. The van der Waals surface area contributed by atoms with Crippen molar-refractivity contribution in [3.8, 4) is 0 Å². The summed E-state index contributed by atoms with van der Waals surface area (Å²) in [4.78, 5) is 4.33. The molecule has 2 aromatic rings. The van der Waals surface area contributed by atoms with Crippen molar-refractivity contribution in [3.05, 3.63) is 41.5 Å². The Morgan fingerprint density at radius 3 is 2.76 bits per heavy atom. The van der Waals surface area contributed by atoms with Crippen LogP contribution in [0.25, 0.3) is 0 Å². The van der Waals surface area contributed by atoms with Crippen molar-refractivity contribution in [2.24, 2.45) is 0 Å². The van der Waals surface area contributed by atoms with E-state index >= 15 is 0 Å². The molecule has 1 N–H and O–H groups in total. The number of anilines is 2. The SMILES string of the molecule is CCn1cc(C)nc1Nc1ccc(C)cc1F. The van der Waals surface area contributed by atoms with E-state index in [4.69, 9.17) is 0 Å². The smallest absolute Gasteiger partial charge is 0.207 e. The molecule has 4 heteroatoms. The number of hydrogen-bond donors (Lipinski definition) is 1. The summed E-state index contributed by atoms with van der Waals surface area (Å²) >= 11 is 0. The zero-order chi connectivity index (χ0) is 12.4. The number of hydrogen-bond acceptors (Lipinski definition) is 2. The molecule has 0 aliphatic heterocycles. The van der Waals surface area contributed by atoms with Gasteiger partial charge in [-0.05, 0) is 38.5 Å². The van der Waals surface area contributed by atoms with Gasteiger partial charge in [0.2, 0.25) is 5.95 Å². The van der Waals surface area contributed by atoms with Gasteiger partial charge < -0.3 is 9.88 Å². The number of nitrogens with one attached hydrogen (secondary N) is 1. The van der Waals surface area contributed by atoms with Gasteiger partial charge in [-0.2, -0.15) is 0 Å². The van der Waals surface area contributed by atoms with Gasteiger partial charge in [-0.25, -0.2) is 9.37 Å². The molecule has 0 spiro atoms. The Hall–Kier alpha value is -1.84. The number of aromatic nitrogens is 2. The molecule has 0 radical (unpaired) electrons. The third-order valence-corrected chi connectivity index (χ3v) is 2.61. The maximum Gasteiger partial charge on any atom is 0.207 e. The summed E-state index contributed by atoms with van der Waals surface area (Å²) in [7, 11) is 0. The van der Waals surface area contributed by atoms with Crippen LogP contribution >= 0.6 is 0 Å². The van der Waals surface area contributed by atoms with Crippen LogP contribution in [0, 0.1) is 19.7 Å². The van der Waals surface area contributed by atoms with Gasteiger partial charge in [0.25, 0.3) is 0 Å². The van der Waals surface area contributed by atoms with Gasteiger partial charge in [0.15, 0.2) is 0 Å². The minimum Gasteiger partial charge on any atom is -0.323 e. The van der Waals surface area contributed by atoms with Crippen LogP contribution in [0.15, 0.2) is 24.4 Å². The normalized spacial score (nSPS) is 10.6. The largest absolute Gasteiger partial charge is 0.323 e. The first kappa shape index (κ1) is 11.6. The predicted octanol–water partition coefficient (Wildman–Crippen LogP) is 3.40. The van der Waals surface area contributed by atoms with Gasteiger partial charge in [0.05, 0.1) is 11.4 Å². The third-order valence-electron chi connectivity index (χ3n) is 2.61. The van der Waals surface area contributed by atoms with Crippen molar-refractivity contribution in [1.82, 2.24) is 9.55 Å². The molecule has 0 aliphatic carbocycles. The van der Waals surface area contributed by atoms with Crippen LogP contribution in [0.3, 0.4) is 0 Å². The summed E-state index contributed by atoms with van der Waals surface area (Å²) in [5.41, 5.74) is 2.28. The standard InChI is InChI=1S/C13H16FN3/c1-4-17-8-10(3)15-13(17)16-12-6-5-9(2)7-11(12)14/h5-8H,4H2,1-3H3,(H,15,16). The zero-order valence-corrected chi connectivity index (χ0v) is 10.3. The first-order chi connectivity index (χ1) is 8.10. The molecule has 0 unspecified atom stereocenters. The summed E-state index contributed by atoms with van der Waals surface area (Å²) < 4.78 is 15.6. The van der Waals surface area contributed by atoms with Gasteiger partial charge in [-0.1, -0.05) is 6.07 Å². The Bertz CT molecular complexity index is 531. The predicted molar refractivity (Wildman–Crippen MR) is 67.1 cm³/mol. The van der Waals surface area contributed by atoms with Crippen LogP contribution in [-0.4, -0.2) is 9.55 Å². The third kappa shape index (κ3) is 2.46. The number of halogens is 1. The highest BCUT2D eigenvalue weighted by Gasteiger charge is 2.07. The molecule has 0 bridgehead atoms. The van der Waals surface area contributed by atoms with Gasteiger partial charge in [0.1, 0.15) is 5.82 Å². The molecule has 0 amide bonds. The van der Waals surface area contributed by atoms with Gasteiger partial charge in [0, 0.05) is 12.7 Å². The number of imidazole rings is 1. The van der Waals surface area contributed by atoms with Crippen LogP contribution in [0.2, 0.25) is 0 Å². The summed E-state index contributed by atoms with van der Waals surface area (Å²) in [5.74, 6) is 0.418. The first-order valence-electron chi connectivity index (χ1n) is 5.67. The van der Waals surface area contributed by atoms with Crippen molar-refractivity contribution in [1.29, 1.82) is 0 Å². The lowest BCUT2D eigenvalue weighted by atomic mass is 10.2. The molecule has 1 aromatic carbocycles. The summed E-state index contributed by atoms with van der Waals surface area (Å²) in [6.45, 7) is 6.61. The molecule has 1 heterocycles. The van der Waals surface area contributed by atoms with E-state index in [0.717, 1.165) is 17.8 Å². The number of aryl methyl sites for hydroxylation is 3. The lowest BCUT2D eigenvalue weighted by Gasteiger charge is -2.08. The van der Waals surface area contributed by atoms with E-state index in [-0.39, 0.29) is 5.82 Å². The first-order valence-corrected chi connectivity index (χ1v) is 5.67. The summed E-state index contributed by atoms with van der Waals surface area (Å²) in [6, 6.07) is 5.11. The molecule has 0 atom stereocenters. The second-order valence-corrected chi connectivity index (χ2v) is 4.10. The lowest BCUT2D eigenvalue weighted by molar-refractivity contribution is 0.630. The van der Waals surface area contributed by atoms with Crippen LogP contribution in [0.1, 0.15) is 18.2 Å². The van der Waals surface area contributed by atoms with Crippen molar-refractivity contribution >= 4 is 11.6 Å². The van der Waals surface area contributed by atoms with Crippen molar-refractivity contribution in [2.75, 3.05) is 5.32 Å². The molecular weight excluding hydrogens is 217 g/mol. The highest BCUT2D eigenvalue weighted by Crippen LogP contribution is 2.20. The van der Waals surface area contributed by atoms with Crippen LogP contribution in [-0.2, 0) is 6.54 Å². The van der Waals surface area contributed by atoms with Gasteiger partial charge >= 0.3 is 0 Å². The average molecular weight is 233 g/mol. The molecule has 17 heavy (non-hydrogen) atoms. The number of benzene rings is 1. The second kappa shape index (κ2) is 4.57. The Morgan fingerprint density at radius 2 is 2.12 bits per heavy atom. The fourth-order valence-corrected chi connectivity index (χ4v) is 1.73. The lowest BCUT2D eigenvalue weighted by Crippen LogP contribution is -2.02. The maximum absolute atomic E-state index is 13.7. The quantitative estimate of drug-likeness (QED) is 0.880. The van der Waals surface area contributed by atoms with Crippen molar-refractivity contribution < 1.29 is 4.39 Å². The zero-order valence-electron chi connectivity index (χ0n) is 10.3. The average Bonchev–Trinajstić information content (AvgIpc) is 2.63. The Kier molecular flexibility index (Phi) is 3.13. The summed E-state index contributed by atoms with van der Waals surface area (Å²) in [6.07, 6.45) is 1.94. The van der Waals surface area contributed by atoms with E-state index < -0.39 is 0 Å². The summed E-state index contributed by atoms with van der Waals surface area (Å²) in [5, 5.41) is 3.02. The van der Waals surface area contributed by atoms with E-state index in [0.29, 0.717) is 11.6 Å². The molecule has 0 aliphatic rings. The maximum atomic E-state index is 13.7. The van der Waals surface area contributed by atoms with Crippen LogP contribution < -0.4 is 5.32 Å². The highest BCUT2D eigenvalue weighted by molar-refractivity contribution is 5.55. The van der Waals surface area contributed by atoms with Crippen molar-refractivity contribution in [2.45, 2.75) is 27.3 Å². The molecule has 1 aromatic heterocycles. The van der Waals surface area contributed by atoms with Gasteiger partial charge in [-0.15, -0.1) is 0 Å². The van der Waals surface area contributed by atoms with Crippen LogP contribution in [0.4, 0.5) is 16.0 Å². The molecule has 0 saturated heterocycles. The molecule has 0 saturated carbocycles. The Morgan fingerprint density at radius 1 is 1.35 bits per heavy atom. The monoisotopic (exact) mass is 233 g/mol. The molecule has 0 fully saturated rings. The van der Waals surface area contributed by atoms with E-state index in [9.17, 15) is 4.39 Å². The minimum atomic E-state index is -0.256. The highest BCUT2D eigenvalue weighted by atomic mass is 19.1. The van der Waals surface area contributed by atoms with E-state index in [1.807, 2.05) is 37.6 Å². The minimum absolute atomic E-state index is 0.256. The second-order valence-electron chi connectivity index (χ2n) is 4.10. The Balaban J connectivity index is 2.30. The molecule has 3 nitrogen and oxygen atoms in total. The van der Waals surface area contributed by atoms with Crippen molar-refractivity contribution in [3.63, 3.8) is 0 Å². The molecule has 2 rings (SSSR count). The van der Waals surface area contributed by atoms with Crippen LogP contribution in [0.5, 0.6) is 0 Å². The van der Waals surface area contributed by atoms with E-state index in [1.54, 1.807) is 6.07 Å². The van der Waals surface area contributed by atoms with E-state index in [1.165, 1.54) is 6.07 Å². The van der Waals surface area contributed by atoms with Gasteiger partial charge in [-0.3, -0.25) is 0 Å².